The summed E-state index contributed by atoms with van der Waals surface area (Å²) in [5.74, 6) is -1.51. The number of benzene rings is 1. The molecular weight excluding hydrogens is 336 g/mol. The van der Waals surface area contributed by atoms with Crippen LogP contribution in [0, 0.1) is 16.0 Å². The monoisotopic (exact) mass is 348 g/mol. The quantitative estimate of drug-likeness (QED) is 0.654. The van der Waals surface area contributed by atoms with E-state index in [9.17, 15) is 23.3 Å². The van der Waals surface area contributed by atoms with Crippen LogP contribution in [0.3, 0.4) is 0 Å². The summed E-state index contributed by atoms with van der Waals surface area (Å²) in [6.45, 7) is 0.130. The highest BCUT2D eigenvalue weighted by Gasteiger charge is 2.33. The first-order valence-corrected chi connectivity index (χ1v) is 8.22. The van der Waals surface area contributed by atoms with Gasteiger partial charge in [-0.05, 0) is 25.0 Å². The molecule has 120 valence electrons. The van der Waals surface area contributed by atoms with Crippen molar-refractivity contribution in [2.24, 2.45) is 5.92 Å². The minimum absolute atomic E-state index is 0.0652. The van der Waals surface area contributed by atoms with Gasteiger partial charge in [-0.2, -0.15) is 4.31 Å². The highest BCUT2D eigenvalue weighted by Crippen LogP contribution is 2.30. The zero-order valence-electron chi connectivity index (χ0n) is 11.3. The smallest absolute Gasteiger partial charge is 0.306 e. The molecule has 1 heterocycles. The molecule has 1 aromatic carbocycles. The Hall–Kier alpha value is -1.71. The van der Waals surface area contributed by atoms with Crippen molar-refractivity contribution < 1.29 is 23.2 Å². The molecule has 0 bridgehead atoms. The lowest BCUT2D eigenvalue weighted by Gasteiger charge is -2.29. The van der Waals surface area contributed by atoms with Crippen LogP contribution in [0.25, 0.3) is 0 Å². The van der Waals surface area contributed by atoms with E-state index in [1.807, 2.05) is 0 Å². The van der Waals surface area contributed by atoms with Crippen LogP contribution >= 0.6 is 11.6 Å². The van der Waals surface area contributed by atoms with Crippen molar-refractivity contribution in [2.75, 3.05) is 13.1 Å². The molecule has 1 aliphatic rings. The molecule has 0 aliphatic carbocycles. The third-order valence-corrected chi connectivity index (χ3v) is 5.77. The third-order valence-electron chi connectivity index (χ3n) is 3.56. The number of hydrogen-bond acceptors (Lipinski definition) is 5. The minimum Gasteiger partial charge on any atom is -0.481 e. The molecule has 22 heavy (non-hydrogen) atoms. The van der Waals surface area contributed by atoms with Crippen molar-refractivity contribution in [2.45, 2.75) is 17.7 Å². The zero-order valence-corrected chi connectivity index (χ0v) is 12.9. The van der Waals surface area contributed by atoms with E-state index < -0.39 is 32.5 Å². The first-order chi connectivity index (χ1) is 10.2. The number of sulfonamides is 1. The predicted octanol–water partition coefficient (Wildman–Crippen LogP) is 1.73. The van der Waals surface area contributed by atoms with Gasteiger partial charge in [-0.1, -0.05) is 11.6 Å². The van der Waals surface area contributed by atoms with Crippen molar-refractivity contribution in [3.8, 4) is 0 Å². The number of aliphatic carboxylic acids is 1. The van der Waals surface area contributed by atoms with E-state index in [4.69, 9.17) is 16.7 Å². The molecule has 10 heteroatoms. The van der Waals surface area contributed by atoms with Gasteiger partial charge in [-0.25, -0.2) is 8.42 Å². The van der Waals surface area contributed by atoms with E-state index in [2.05, 4.69) is 0 Å². The van der Waals surface area contributed by atoms with Crippen LogP contribution in [0.5, 0.6) is 0 Å². The van der Waals surface area contributed by atoms with E-state index in [-0.39, 0.29) is 35.8 Å². The van der Waals surface area contributed by atoms with E-state index >= 15 is 0 Å². The van der Waals surface area contributed by atoms with Gasteiger partial charge in [0, 0.05) is 19.2 Å². The van der Waals surface area contributed by atoms with Crippen molar-refractivity contribution >= 4 is 33.3 Å². The van der Waals surface area contributed by atoms with Crippen LogP contribution in [0.1, 0.15) is 12.8 Å². The summed E-state index contributed by atoms with van der Waals surface area (Å²) in [6, 6.07) is 3.28. The van der Waals surface area contributed by atoms with Gasteiger partial charge in [-0.15, -0.1) is 0 Å². The van der Waals surface area contributed by atoms with Gasteiger partial charge in [0.05, 0.1) is 15.7 Å². The minimum atomic E-state index is -3.91. The van der Waals surface area contributed by atoms with Gasteiger partial charge in [0.2, 0.25) is 10.0 Å². The second-order valence-corrected chi connectivity index (χ2v) is 7.23. The lowest BCUT2D eigenvalue weighted by molar-refractivity contribution is -0.384. The van der Waals surface area contributed by atoms with Crippen molar-refractivity contribution in [1.82, 2.24) is 4.31 Å². The number of carboxylic acid groups (broad SMARTS) is 1. The average molecular weight is 349 g/mol. The van der Waals surface area contributed by atoms with Gasteiger partial charge < -0.3 is 5.11 Å². The third kappa shape index (κ3) is 3.21. The van der Waals surface area contributed by atoms with Crippen LogP contribution in [0.2, 0.25) is 5.02 Å². The standard InChI is InChI=1S/C12H13ClN2O6S/c13-10-2-1-9(7-11(10)15(18)19)22(20,21)14-5-3-8(4-6-14)12(16)17/h1-2,7-8H,3-6H2,(H,16,17). The van der Waals surface area contributed by atoms with Gasteiger partial charge >= 0.3 is 5.97 Å². The maximum atomic E-state index is 12.5. The first-order valence-electron chi connectivity index (χ1n) is 6.40. The lowest BCUT2D eigenvalue weighted by atomic mass is 9.99. The van der Waals surface area contributed by atoms with Gasteiger partial charge in [0.25, 0.3) is 5.69 Å². The van der Waals surface area contributed by atoms with Crippen LogP contribution in [0.4, 0.5) is 5.69 Å². The van der Waals surface area contributed by atoms with E-state index in [1.54, 1.807) is 0 Å². The summed E-state index contributed by atoms with van der Waals surface area (Å²) in [6.07, 6.45) is 0.425. The van der Waals surface area contributed by atoms with Crippen molar-refractivity contribution in [3.05, 3.63) is 33.3 Å². The summed E-state index contributed by atoms with van der Waals surface area (Å²) < 4.78 is 26.1. The molecule has 0 radical (unpaired) electrons. The molecule has 0 saturated carbocycles. The van der Waals surface area contributed by atoms with E-state index in [0.29, 0.717) is 0 Å². The fraction of sp³-hybridized carbons (Fsp3) is 0.417. The molecule has 8 nitrogen and oxygen atoms in total. The predicted molar refractivity (Wildman–Crippen MR) is 77.2 cm³/mol. The second-order valence-electron chi connectivity index (χ2n) is 4.89. The lowest BCUT2D eigenvalue weighted by Crippen LogP contribution is -2.40. The Balaban J connectivity index is 2.26. The van der Waals surface area contributed by atoms with Crippen LogP contribution in [-0.2, 0) is 14.8 Å². The maximum absolute atomic E-state index is 12.5. The summed E-state index contributed by atoms with van der Waals surface area (Å²) in [7, 11) is -3.91. The number of rotatable bonds is 4. The van der Waals surface area contributed by atoms with Crippen molar-refractivity contribution in [3.63, 3.8) is 0 Å². The molecular formula is C12H13ClN2O6S. The van der Waals surface area contributed by atoms with E-state index in [1.165, 1.54) is 6.07 Å². The molecule has 0 unspecified atom stereocenters. The van der Waals surface area contributed by atoms with Crippen LogP contribution in [-0.4, -0.2) is 41.8 Å². The molecule has 0 aromatic heterocycles. The molecule has 0 spiro atoms. The highest BCUT2D eigenvalue weighted by atomic mass is 35.5. The Kier molecular flexibility index (Phi) is 4.69. The number of piperidine rings is 1. The highest BCUT2D eigenvalue weighted by molar-refractivity contribution is 7.89. The molecule has 1 saturated heterocycles. The fourth-order valence-corrected chi connectivity index (χ4v) is 3.96. The maximum Gasteiger partial charge on any atom is 0.306 e. The number of carboxylic acids is 1. The summed E-state index contributed by atoms with van der Waals surface area (Å²) >= 11 is 5.67. The van der Waals surface area contributed by atoms with E-state index in [0.717, 1.165) is 16.4 Å². The topological polar surface area (TPSA) is 118 Å². The Morgan fingerprint density at radius 2 is 1.95 bits per heavy atom. The number of carbonyl (C=O) groups is 1. The zero-order chi connectivity index (χ0) is 16.5. The Labute approximate surface area is 131 Å². The molecule has 2 rings (SSSR count). The number of halogens is 1. The van der Waals surface area contributed by atoms with Gasteiger partial charge in [-0.3, -0.25) is 14.9 Å². The van der Waals surface area contributed by atoms with Crippen LogP contribution < -0.4 is 0 Å². The molecule has 1 aromatic rings. The fourth-order valence-electron chi connectivity index (χ4n) is 2.29. The summed E-state index contributed by atoms with van der Waals surface area (Å²) in [4.78, 5) is 20.7. The second kappa shape index (κ2) is 6.19. The summed E-state index contributed by atoms with van der Waals surface area (Å²) in [5.41, 5.74) is -0.483. The Morgan fingerprint density at radius 3 is 2.45 bits per heavy atom. The van der Waals surface area contributed by atoms with Gasteiger partial charge in [0.1, 0.15) is 5.02 Å². The molecule has 0 amide bonds. The number of nitrogens with zero attached hydrogens (tertiary/aromatic N) is 2. The average Bonchev–Trinajstić information content (AvgIpc) is 2.47. The number of hydrogen-bond donors (Lipinski definition) is 1. The summed E-state index contributed by atoms with van der Waals surface area (Å²) in [5, 5.41) is 19.6. The Morgan fingerprint density at radius 1 is 1.36 bits per heavy atom. The first kappa shape index (κ1) is 16.7. The molecule has 0 atom stereocenters. The molecule has 1 fully saturated rings. The van der Waals surface area contributed by atoms with Crippen molar-refractivity contribution in [1.29, 1.82) is 0 Å². The molecule has 1 N–H and O–H groups in total. The Bertz CT molecular complexity index is 712. The normalized spacial score (nSPS) is 17.3. The SMILES string of the molecule is O=C(O)C1CCN(S(=O)(=O)c2ccc(Cl)c([N+](=O)[O-])c2)CC1. The number of nitro benzene ring substituents is 1. The number of nitro groups is 1. The van der Waals surface area contributed by atoms with Gasteiger partial charge in [0.15, 0.2) is 0 Å². The van der Waals surface area contributed by atoms with Crippen LogP contribution in [0.15, 0.2) is 23.1 Å². The molecule has 1 aliphatic heterocycles. The largest absolute Gasteiger partial charge is 0.481 e.